The maximum Gasteiger partial charge on any atom is 0.114 e. The first-order valence-electron chi connectivity index (χ1n) is 5.92. The lowest BCUT2D eigenvalue weighted by Crippen LogP contribution is -2.11. The third-order valence-corrected chi connectivity index (χ3v) is 3.31. The molecule has 0 fully saturated rings. The van der Waals surface area contributed by atoms with Crippen LogP contribution >= 0.6 is 11.6 Å². The average Bonchev–Trinajstić information content (AvgIpc) is 2.76. The Morgan fingerprint density at radius 3 is 1.95 bits per heavy atom. The molecular weight excluding hydrogens is 258 g/mol. The lowest BCUT2D eigenvalue weighted by molar-refractivity contribution is 0.844. The molecule has 2 N–H and O–H groups in total. The Labute approximate surface area is 116 Å². The van der Waals surface area contributed by atoms with Gasteiger partial charge in [0.05, 0.1) is 5.02 Å². The number of rotatable bonds is 2. The fourth-order valence-corrected chi connectivity index (χ4v) is 2.39. The van der Waals surface area contributed by atoms with Crippen LogP contribution in [0.5, 0.6) is 0 Å². The highest BCUT2D eigenvalue weighted by Gasteiger charge is 2.17. The number of hydrogen-bond donors (Lipinski definition) is 1. The first-order chi connectivity index (χ1) is 9.27. The lowest BCUT2D eigenvalue weighted by atomic mass is 10.1. The highest BCUT2D eigenvalue weighted by Crippen LogP contribution is 2.34. The minimum atomic E-state index is 0.569. The Hall–Kier alpha value is -2.26. The van der Waals surface area contributed by atoms with Gasteiger partial charge in [0.25, 0.3) is 0 Å². The molecule has 0 amide bonds. The molecule has 3 rings (SSSR count). The molecule has 4 heteroatoms. The molecule has 1 heterocycles. The Balaban J connectivity index is 2.17. The van der Waals surface area contributed by atoms with Gasteiger partial charge in [0, 0.05) is 11.1 Å². The van der Waals surface area contributed by atoms with Crippen LogP contribution in [0.4, 0.5) is 0 Å². The molecule has 2 aromatic carbocycles. The second-order valence-corrected chi connectivity index (χ2v) is 4.57. The van der Waals surface area contributed by atoms with Crippen LogP contribution < -0.4 is 5.84 Å². The normalized spacial score (nSPS) is 10.6. The fourth-order valence-electron chi connectivity index (χ4n) is 2.05. The molecule has 0 saturated carbocycles. The van der Waals surface area contributed by atoms with Gasteiger partial charge in [0.15, 0.2) is 0 Å². The molecule has 1 aromatic heterocycles. The predicted octanol–water partition coefficient (Wildman–Crippen LogP) is 3.58. The summed E-state index contributed by atoms with van der Waals surface area (Å²) in [5.41, 5.74) is 3.32. The summed E-state index contributed by atoms with van der Waals surface area (Å²) in [6.45, 7) is 0. The van der Waals surface area contributed by atoms with Crippen molar-refractivity contribution in [3.8, 4) is 22.5 Å². The second-order valence-electron chi connectivity index (χ2n) is 4.19. The van der Waals surface area contributed by atoms with E-state index in [0.717, 1.165) is 16.8 Å². The Kier molecular flexibility index (Phi) is 2.97. The van der Waals surface area contributed by atoms with Gasteiger partial charge in [-0.25, -0.2) is 0 Å². The number of nitrogens with zero attached hydrogens (tertiary/aromatic N) is 2. The lowest BCUT2D eigenvalue weighted by Gasteiger charge is -2.01. The zero-order valence-corrected chi connectivity index (χ0v) is 10.9. The number of nitrogen functional groups attached to an aromatic ring is 1. The highest BCUT2D eigenvalue weighted by molar-refractivity contribution is 6.35. The third-order valence-electron chi connectivity index (χ3n) is 2.95. The third kappa shape index (κ3) is 2.09. The van der Waals surface area contributed by atoms with Gasteiger partial charge < -0.3 is 5.84 Å². The number of benzene rings is 2. The first-order valence-corrected chi connectivity index (χ1v) is 6.29. The van der Waals surface area contributed by atoms with Crippen LogP contribution in [0.1, 0.15) is 0 Å². The van der Waals surface area contributed by atoms with Gasteiger partial charge in [-0.15, -0.1) is 0 Å². The summed E-state index contributed by atoms with van der Waals surface area (Å²) >= 11 is 6.44. The molecule has 0 radical (unpaired) electrons. The van der Waals surface area contributed by atoms with Crippen LogP contribution in [0.25, 0.3) is 22.5 Å². The molecule has 0 atom stereocenters. The summed E-state index contributed by atoms with van der Waals surface area (Å²) in [5, 5.41) is 4.89. The van der Waals surface area contributed by atoms with Gasteiger partial charge in [-0.1, -0.05) is 72.3 Å². The fraction of sp³-hybridized carbons (Fsp3) is 0. The van der Waals surface area contributed by atoms with Crippen molar-refractivity contribution in [2.24, 2.45) is 0 Å². The number of nitrogens with two attached hydrogens (primary N) is 1. The van der Waals surface area contributed by atoms with Crippen molar-refractivity contribution in [2.45, 2.75) is 0 Å². The van der Waals surface area contributed by atoms with Crippen molar-refractivity contribution in [3.05, 3.63) is 65.7 Å². The standard InChI is InChI=1S/C15H12ClN3/c16-13-14(11-7-3-1-4-8-11)18-19(17)15(13)12-9-5-2-6-10-12/h1-10H,17H2. The van der Waals surface area contributed by atoms with Crippen LogP contribution in [0, 0.1) is 0 Å². The SMILES string of the molecule is Nn1nc(-c2ccccc2)c(Cl)c1-c1ccccc1. The minimum Gasteiger partial charge on any atom is -0.323 e. The van der Waals surface area contributed by atoms with E-state index >= 15 is 0 Å². The van der Waals surface area contributed by atoms with Crippen molar-refractivity contribution < 1.29 is 0 Å². The topological polar surface area (TPSA) is 43.8 Å². The van der Waals surface area contributed by atoms with Gasteiger partial charge in [-0.05, 0) is 0 Å². The van der Waals surface area contributed by atoms with Crippen molar-refractivity contribution in [3.63, 3.8) is 0 Å². The molecule has 0 aliphatic heterocycles. The maximum absolute atomic E-state index is 6.44. The van der Waals surface area contributed by atoms with Crippen LogP contribution in [-0.2, 0) is 0 Å². The Morgan fingerprint density at radius 2 is 1.37 bits per heavy atom. The van der Waals surface area contributed by atoms with E-state index in [9.17, 15) is 0 Å². The smallest absolute Gasteiger partial charge is 0.114 e. The number of halogens is 1. The van der Waals surface area contributed by atoms with E-state index in [4.69, 9.17) is 17.4 Å². The minimum absolute atomic E-state index is 0.569. The number of aromatic nitrogens is 2. The first kappa shape index (κ1) is 11.8. The summed E-state index contributed by atoms with van der Waals surface area (Å²) in [6.07, 6.45) is 0. The quantitative estimate of drug-likeness (QED) is 0.723. The van der Waals surface area contributed by atoms with Gasteiger partial charge in [-0.2, -0.15) is 9.89 Å². The van der Waals surface area contributed by atoms with Gasteiger partial charge >= 0.3 is 0 Å². The van der Waals surface area contributed by atoms with E-state index in [0.29, 0.717) is 10.7 Å². The monoisotopic (exact) mass is 269 g/mol. The van der Waals surface area contributed by atoms with Crippen molar-refractivity contribution in [1.29, 1.82) is 0 Å². The van der Waals surface area contributed by atoms with Crippen molar-refractivity contribution >= 4 is 11.6 Å². The molecule has 0 aliphatic rings. The highest BCUT2D eigenvalue weighted by atomic mass is 35.5. The Morgan fingerprint density at radius 1 is 0.842 bits per heavy atom. The van der Waals surface area contributed by atoms with E-state index in [1.807, 2.05) is 60.7 Å². The van der Waals surface area contributed by atoms with E-state index in [2.05, 4.69) is 5.10 Å². The molecule has 0 bridgehead atoms. The van der Waals surface area contributed by atoms with Gasteiger partial charge in [-0.3, -0.25) is 0 Å². The second kappa shape index (κ2) is 4.78. The van der Waals surface area contributed by atoms with E-state index in [-0.39, 0.29) is 0 Å². The molecule has 3 aromatic rings. The molecular formula is C15H12ClN3. The summed E-state index contributed by atoms with van der Waals surface area (Å²) in [4.78, 5) is 1.33. The molecule has 94 valence electrons. The number of hydrogen-bond acceptors (Lipinski definition) is 2. The molecule has 0 spiro atoms. The van der Waals surface area contributed by atoms with Crippen LogP contribution in [-0.4, -0.2) is 9.89 Å². The molecule has 3 nitrogen and oxygen atoms in total. The van der Waals surface area contributed by atoms with Crippen LogP contribution in [0.2, 0.25) is 5.02 Å². The predicted molar refractivity (Wildman–Crippen MR) is 78.3 cm³/mol. The summed E-state index contributed by atoms with van der Waals surface area (Å²) in [7, 11) is 0. The Bertz CT molecular complexity index is 690. The summed E-state index contributed by atoms with van der Waals surface area (Å²) < 4.78 is 0. The van der Waals surface area contributed by atoms with Crippen LogP contribution in [0.3, 0.4) is 0 Å². The summed E-state index contributed by atoms with van der Waals surface area (Å²) in [5.74, 6) is 5.93. The van der Waals surface area contributed by atoms with E-state index < -0.39 is 0 Å². The van der Waals surface area contributed by atoms with E-state index in [1.54, 1.807) is 0 Å². The molecule has 0 saturated heterocycles. The average molecular weight is 270 g/mol. The largest absolute Gasteiger partial charge is 0.323 e. The zero-order valence-electron chi connectivity index (χ0n) is 10.1. The van der Waals surface area contributed by atoms with E-state index in [1.165, 1.54) is 4.79 Å². The van der Waals surface area contributed by atoms with Crippen LogP contribution in [0.15, 0.2) is 60.7 Å². The summed E-state index contributed by atoms with van der Waals surface area (Å²) in [6, 6.07) is 19.5. The maximum atomic E-state index is 6.44. The zero-order chi connectivity index (χ0) is 13.2. The van der Waals surface area contributed by atoms with Gasteiger partial charge in [0.1, 0.15) is 11.4 Å². The molecule has 0 aliphatic carbocycles. The van der Waals surface area contributed by atoms with Gasteiger partial charge in [0.2, 0.25) is 0 Å². The van der Waals surface area contributed by atoms with Crippen molar-refractivity contribution in [1.82, 2.24) is 9.89 Å². The molecule has 0 unspecified atom stereocenters. The van der Waals surface area contributed by atoms with Crippen molar-refractivity contribution in [2.75, 3.05) is 5.84 Å². The molecule has 19 heavy (non-hydrogen) atoms.